The molecule has 0 spiro atoms. The molecule has 28 heavy (non-hydrogen) atoms. The number of hydrogen-bond donors (Lipinski definition) is 1. The molecule has 1 atom stereocenters. The molecular formula is C22H21N3O3. The summed E-state index contributed by atoms with van der Waals surface area (Å²) in [4.78, 5) is 21.0. The lowest BCUT2D eigenvalue weighted by Crippen LogP contribution is -2.31. The van der Waals surface area contributed by atoms with Crippen molar-refractivity contribution >= 4 is 5.91 Å². The van der Waals surface area contributed by atoms with E-state index in [1.54, 1.807) is 12.1 Å². The van der Waals surface area contributed by atoms with Crippen molar-refractivity contribution in [2.24, 2.45) is 0 Å². The minimum atomic E-state index is -0.118. The first-order valence-corrected chi connectivity index (χ1v) is 9.33. The number of nitrogens with one attached hydrogen (secondary N) is 1. The fourth-order valence-electron chi connectivity index (χ4n) is 3.10. The van der Waals surface area contributed by atoms with Gasteiger partial charge in [0.05, 0.1) is 11.8 Å². The summed E-state index contributed by atoms with van der Waals surface area (Å²) in [5.41, 5.74) is 2.10. The second-order valence-corrected chi connectivity index (χ2v) is 6.58. The van der Waals surface area contributed by atoms with Crippen molar-refractivity contribution in [1.29, 1.82) is 0 Å². The van der Waals surface area contributed by atoms with Crippen molar-refractivity contribution in [3.05, 3.63) is 72.6 Å². The predicted molar refractivity (Wildman–Crippen MR) is 105 cm³/mol. The summed E-state index contributed by atoms with van der Waals surface area (Å²) in [6.07, 6.45) is 3.62. The maximum absolute atomic E-state index is 12.5. The van der Waals surface area contributed by atoms with E-state index in [9.17, 15) is 4.79 Å². The van der Waals surface area contributed by atoms with Gasteiger partial charge < -0.3 is 14.8 Å². The van der Waals surface area contributed by atoms with Gasteiger partial charge in [0.25, 0.3) is 5.91 Å². The van der Waals surface area contributed by atoms with Crippen molar-refractivity contribution in [3.63, 3.8) is 0 Å². The number of nitrogens with zero attached hydrogens (tertiary/aromatic N) is 2. The Labute approximate surface area is 163 Å². The van der Waals surface area contributed by atoms with Crippen LogP contribution < -0.4 is 10.1 Å². The highest BCUT2D eigenvalue weighted by atomic mass is 16.5. The SMILES string of the molecule is O=C(NCC1CCCO1)c1cccc(-c2cc(Oc3ccccc3)ncn2)c1. The van der Waals surface area contributed by atoms with Crippen molar-refractivity contribution in [2.75, 3.05) is 13.2 Å². The van der Waals surface area contributed by atoms with Crippen LogP contribution >= 0.6 is 0 Å². The molecule has 0 bridgehead atoms. The minimum absolute atomic E-state index is 0.117. The average Bonchev–Trinajstić information content (AvgIpc) is 3.27. The van der Waals surface area contributed by atoms with Crippen LogP contribution in [0, 0.1) is 0 Å². The first-order chi connectivity index (χ1) is 13.8. The number of benzene rings is 2. The van der Waals surface area contributed by atoms with Gasteiger partial charge in [-0.05, 0) is 37.1 Å². The van der Waals surface area contributed by atoms with Gasteiger partial charge in [0, 0.05) is 30.3 Å². The number of hydrogen-bond acceptors (Lipinski definition) is 5. The lowest BCUT2D eigenvalue weighted by atomic mass is 10.1. The Morgan fingerprint density at radius 3 is 2.82 bits per heavy atom. The monoisotopic (exact) mass is 375 g/mol. The van der Waals surface area contributed by atoms with Gasteiger partial charge in [-0.25, -0.2) is 9.97 Å². The molecule has 1 aromatic heterocycles. The summed E-state index contributed by atoms with van der Waals surface area (Å²) >= 11 is 0. The largest absolute Gasteiger partial charge is 0.439 e. The first-order valence-electron chi connectivity index (χ1n) is 9.33. The number of carbonyl (C=O) groups excluding carboxylic acids is 1. The molecule has 0 saturated carbocycles. The molecule has 2 heterocycles. The quantitative estimate of drug-likeness (QED) is 0.708. The molecule has 2 aromatic carbocycles. The normalized spacial score (nSPS) is 15.9. The number of aromatic nitrogens is 2. The molecule has 1 amide bonds. The van der Waals surface area contributed by atoms with Crippen LogP contribution in [0.4, 0.5) is 0 Å². The van der Waals surface area contributed by atoms with E-state index in [0.29, 0.717) is 29.4 Å². The first kappa shape index (κ1) is 18.1. The van der Waals surface area contributed by atoms with E-state index in [0.717, 1.165) is 25.0 Å². The van der Waals surface area contributed by atoms with Crippen molar-refractivity contribution in [2.45, 2.75) is 18.9 Å². The Morgan fingerprint density at radius 1 is 1.11 bits per heavy atom. The van der Waals surface area contributed by atoms with Gasteiger partial charge in [-0.1, -0.05) is 30.3 Å². The number of para-hydroxylation sites is 1. The summed E-state index contributed by atoms with van der Waals surface area (Å²) in [5, 5.41) is 2.94. The van der Waals surface area contributed by atoms with Crippen molar-refractivity contribution in [1.82, 2.24) is 15.3 Å². The molecule has 0 aliphatic carbocycles. The molecule has 1 aliphatic heterocycles. The topological polar surface area (TPSA) is 73.3 Å². The molecule has 142 valence electrons. The third-order valence-corrected chi connectivity index (χ3v) is 4.54. The fourth-order valence-corrected chi connectivity index (χ4v) is 3.10. The third-order valence-electron chi connectivity index (χ3n) is 4.54. The molecular weight excluding hydrogens is 354 g/mol. The predicted octanol–water partition coefficient (Wildman–Crippen LogP) is 3.84. The second kappa shape index (κ2) is 8.63. The van der Waals surface area contributed by atoms with Crippen LogP contribution in [-0.4, -0.2) is 35.1 Å². The van der Waals surface area contributed by atoms with E-state index < -0.39 is 0 Å². The maximum Gasteiger partial charge on any atom is 0.251 e. The molecule has 6 heteroatoms. The molecule has 4 rings (SSSR count). The van der Waals surface area contributed by atoms with Crippen molar-refractivity contribution in [3.8, 4) is 22.9 Å². The van der Waals surface area contributed by atoms with Gasteiger partial charge in [0.15, 0.2) is 0 Å². The standard InChI is InChI=1S/C22H21N3O3/c26-22(23-14-19-10-5-11-27-19)17-7-4-6-16(12-17)20-13-21(25-15-24-20)28-18-8-2-1-3-9-18/h1-4,6-9,12-13,15,19H,5,10-11,14H2,(H,23,26). The van der Waals surface area contributed by atoms with E-state index in [2.05, 4.69) is 15.3 Å². The maximum atomic E-state index is 12.5. The highest BCUT2D eigenvalue weighted by molar-refractivity contribution is 5.95. The highest BCUT2D eigenvalue weighted by Gasteiger charge is 2.17. The summed E-state index contributed by atoms with van der Waals surface area (Å²) in [6, 6.07) is 18.6. The van der Waals surface area contributed by atoms with Gasteiger partial charge in [0.1, 0.15) is 12.1 Å². The zero-order valence-corrected chi connectivity index (χ0v) is 15.4. The Morgan fingerprint density at radius 2 is 2.00 bits per heavy atom. The van der Waals surface area contributed by atoms with E-state index in [-0.39, 0.29) is 12.0 Å². The Kier molecular flexibility index (Phi) is 5.58. The Hall–Kier alpha value is -3.25. The van der Waals surface area contributed by atoms with Crippen LogP contribution in [0.5, 0.6) is 11.6 Å². The zero-order chi connectivity index (χ0) is 19.2. The smallest absolute Gasteiger partial charge is 0.251 e. The van der Waals surface area contributed by atoms with Crippen LogP contribution in [-0.2, 0) is 4.74 Å². The van der Waals surface area contributed by atoms with E-state index in [4.69, 9.17) is 9.47 Å². The molecule has 1 N–H and O–H groups in total. The highest BCUT2D eigenvalue weighted by Crippen LogP contribution is 2.24. The zero-order valence-electron chi connectivity index (χ0n) is 15.4. The lowest BCUT2D eigenvalue weighted by Gasteiger charge is -2.11. The van der Waals surface area contributed by atoms with Gasteiger partial charge >= 0.3 is 0 Å². The molecule has 1 aliphatic rings. The van der Waals surface area contributed by atoms with Crippen LogP contribution in [0.3, 0.4) is 0 Å². The lowest BCUT2D eigenvalue weighted by molar-refractivity contribution is 0.0858. The van der Waals surface area contributed by atoms with E-state index in [1.165, 1.54) is 6.33 Å². The minimum Gasteiger partial charge on any atom is -0.439 e. The van der Waals surface area contributed by atoms with Gasteiger partial charge in [-0.2, -0.15) is 0 Å². The van der Waals surface area contributed by atoms with E-state index in [1.807, 2.05) is 48.5 Å². The van der Waals surface area contributed by atoms with Crippen LogP contribution in [0.25, 0.3) is 11.3 Å². The number of rotatable bonds is 6. The van der Waals surface area contributed by atoms with Crippen molar-refractivity contribution < 1.29 is 14.3 Å². The molecule has 3 aromatic rings. The summed E-state index contributed by atoms with van der Waals surface area (Å²) in [7, 11) is 0. The summed E-state index contributed by atoms with van der Waals surface area (Å²) in [6.45, 7) is 1.31. The number of ether oxygens (including phenoxy) is 2. The molecule has 1 saturated heterocycles. The molecule has 6 nitrogen and oxygen atoms in total. The van der Waals surface area contributed by atoms with Gasteiger partial charge in [0.2, 0.25) is 5.88 Å². The third kappa shape index (κ3) is 4.53. The average molecular weight is 375 g/mol. The molecule has 0 radical (unpaired) electrons. The fraction of sp³-hybridized carbons (Fsp3) is 0.227. The van der Waals surface area contributed by atoms with Crippen LogP contribution in [0.15, 0.2) is 67.0 Å². The van der Waals surface area contributed by atoms with Crippen LogP contribution in [0.1, 0.15) is 23.2 Å². The van der Waals surface area contributed by atoms with Gasteiger partial charge in [-0.15, -0.1) is 0 Å². The molecule has 1 unspecified atom stereocenters. The summed E-state index contributed by atoms with van der Waals surface area (Å²) < 4.78 is 11.3. The Balaban J connectivity index is 1.47. The number of carbonyl (C=O) groups is 1. The summed E-state index contributed by atoms with van der Waals surface area (Å²) in [5.74, 6) is 1.03. The number of amides is 1. The van der Waals surface area contributed by atoms with Crippen LogP contribution in [0.2, 0.25) is 0 Å². The van der Waals surface area contributed by atoms with E-state index >= 15 is 0 Å². The molecule has 1 fully saturated rings. The van der Waals surface area contributed by atoms with Gasteiger partial charge in [-0.3, -0.25) is 4.79 Å². The second-order valence-electron chi connectivity index (χ2n) is 6.58. The Bertz CT molecular complexity index is 941.